The van der Waals surface area contributed by atoms with Crippen molar-refractivity contribution < 1.29 is 9.53 Å². The fourth-order valence-electron chi connectivity index (χ4n) is 3.02. The average molecular weight is 480 g/mol. The number of fused-ring (bicyclic) bond motifs is 1. The van der Waals surface area contributed by atoms with Gasteiger partial charge in [0.25, 0.3) is 0 Å². The van der Waals surface area contributed by atoms with E-state index in [2.05, 4.69) is 16.4 Å². The van der Waals surface area contributed by atoms with Crippen LogP contribution in [0.25, 0.3) is 0 Å². The minimum absolute atomic E-state index is 0. The largest absolute Gasteiger partial charge is 0.497 e. The molecule has 0 aliphatic carbocycles. The van der Waals surface area contributed by atoms with E-state index in [1.54, 1.807) is 7.11 Å². The molecule has 0 saturated heterocycles. The van der Waals surface area contributed by atoms with E-state index in [-0.39, 0.29) is 29.9 Å². The quantitative estimate of drug-likeness (QED) is 0.288. The van der Waals surface area contributed by atoms with Crippen LogP contribution in [0.1, 0.15) is 18.4 Å². The van der Waals surface area contributed by atoms with E-state index in [9.17, 15) is 4.79 Å². The van der Waals surface area contributed by atoms with Crippen molar-refractivity contribution in [3.63, 3.8) is 0 Å². The molecule has 3 N–H and O–H groups in total. The summed E-state index contributed by atoms with van der Waals surface area (Å²) in [5.41, 5.74) is 9.02. The third-order valence-electron chi connectivity index (χ3n) is 4.38. The number of anilines is 2. The van der Waals surface area contributed by atoms with Gasteiger partial charge in [-0.25, -0.2) is 0 Å². The number of guanidine groups is 1. The van der Waals surface area contributed by atoms with Crippen molar-refractivity contribution in [3.05, 3.63) is 54.1 Å². The summed E-state index contributed by atoms with van der Waals surface area (Å²) in [5.74, 6) is 1.27. The van der Waals surface area contributed by atoms with Gasteiger partial charge in [0.05, 0.1) is 7.11 Å². The fraction of sp³-hybridized carbons (Fsp3) is 0.300. The lowest BCUT2D eigenvalue weighted by molar-refractivity contribution is -0.118. The Labute approximate surface area is 176 Å². The van der Waals surface area contributed by atoms with Crippen LogP contribution in [0.15, 0.2) is 53.5 Å². The van der Waals surface area contributed by atoms with Crippen LogP contribution >= 0.6 is 24.0 Å². The maximum absolute atomic E-state index is 12.4. The predicted molar refractivity (Wildman–Crippen MR) is 120 cm³/mol. The zero-order valence-electron chi connectivity index (χ0n) is 15.4. The highest BCUT2D eigenvalue weighted by Gasteiger charge is 2.23. The van der Waals surface area contributed by atoms with Crippen LogP contribution in [0.3, 0.4) is 0 Å². The Kier molecular flexibility index (Phi) is 7.90. The van der Waals surface area contributed by atoms with Crippen molar-refractivity contribution in [1.29, 1.82) is 0 Å². The molecule has 0 aromatic heterocycles. The molecular weight excluding hydrogens is 455 g/mol. The lowest BCUT2D eigenvalue weighted by Crippen LogP contribution is -2.28. The normalized spacial score (nSPS) is 12.9. The molecule has 1 aliphatic rings. The number of hydrogen-bond donors (Lipinski definition) is 2. The monoisotopic (exact) mass is 480 g/mol. The highest BCUT2D eigenvalue weighted by Crippen LogP contribution is 2.28. The molecule has 0 radical (unpaired) electrons. The molecule has 6 nitrogen and oxygen atoms in total. The number of para-hydroxylation sites is 1. The molecule has 1 heterocycles. The van der Waals surface area contributed by atoms with Gasteiger partial charge in [-0.05, 0) is 48.7 Å². The van der Waals surface area contributed by atoms with Crippen molar-refractivity contribution in [2.24, 2.45) is 10.7 Å². The summed E-state index contributed by atoms with van der Waals surface area (Å²) in [6.45, 7) is 1.28. The molecule has 0 saturated carbocycles. The number of aliphatic imine (C=N–C) groups is 1. The van der Waals surface area contributed by atoms with Gasteiger partial charge in [-0.1, -0.05) is 18.2 Å². The number of rotatable bonds is 6. The predicted octanol–water partition coefficient (Wildman–Crippen LogP) is 3.41. The molecular formula is C20H25IN4O2. The molecule has 27 heavy (non-hydrogen) atoms. The molecule has 1 aliphatic heterocycles. The van der Waals surface area contributed by atoms with Crippen LogP contribution in [0.2, 0.25) is 0 Å². The second-order valence-electron chi connectivity index (χ2n) is 6.15. The topological polar surface area (TPSA) is 80.0 Å². The standard InChI is InChI=1S/C20H24N4O2.HI/c1-26-17-10-8-16(9-11-17)23-20(21)22-13-4-7-19(25)24-14-12-15-5-2-3-6-18(15)24;/h2-3,5-6,8-11H,4,7,12-14H2,1H3,(H3,21,22,23);1H. The van der Waals surface area contributed by atoms with Gasteiger partial charge in [0.15, 0.2) is 5.96 Å². The highest BCUT2D eigenvalue weighted by atomic mass is 127. The molecule has 2 aromatic rings. The zero-order valence-corrected chi connectivity index (χ0v) is 17.7. The summed E-state index contributed by atoms with van der Waals surface area (Å²) in [6.07, 6.45) is 2.06. The first-order valence-corrected chi connectivity index (χ1v) is 8.76. The van der Waals surface area contributed by atoms with E-state index in [1.165, 1.54) is 5.56 Å². The number of benzene rings is 2. The van der Waals surface area contributed by atoms with E-state index in [1.807, 2.05) is 47.4 Å². The number of carbonyl (C=O) groups excluding carboxylic acids is 1. The Hall–Kier alpha value is -2.29. The number of nitrogens with one attached hydrogen (secondary N) is 1. The molecule has 7 heteroatoms. The highest BCUT2D eigenvalue weighted by molar-refractivity contribution is 14.0. The number of hydrogen-bond acceptors (Lipinski definition) is 3. The average Bonchev–Trinajstić information content (AvgIpc) is 3.10. The van der Waals surface area contributed by atoms with E-state index in [0.29, 0.717) is 25.3 Å². The van der Waals surface area contributed by atoms with Gasteiger partial charge in [-0.2, -0.15) is 0 Å². The van der Waals surface area contributed by atoms with Crippen molar-refractivity contribution in [2.75, 3.05) is 30.4 Å². The Morgan fingerprint density at radius 2 is 1.96 bits per heavy atom. The molecule has 2 aromatic carbocycles. The van der Waals surface area contributed by atoms with E-state index in [4.69, 9.17) is 10.5 Å². The minimum atomic E-state index is 0. The second-order valence-corrected chi connectivity index (χ2v) is 6.15. The van der Waals surface area contributed by atoms with Crippen LogP contribution in [0, 0.1) is 0 Å². The molecule has 0 atom stereocenters. The third-order valence-corrected chi connectivity index (χ3v) is 4.38. The van der Waals surface area contributed by atoms with Gasteiger partial charge < -0.3 is 20.7 Å². The molecule has 0 spiro atoms. The smallest absolute Gasteiger partial charge is 0.227 e. The maximum atomic E-state index is 12.4. The van der Waals surface area contributed by atoms with Crippen LogP contribution < -0.4 is 20.7 Å². The van der Waals surface area contributed by atoms with E-state index < -0.39 is 0 Å². The third kappa shape index (κ3) is 5.59. The summed E-state index contributed by atoms with van der Waals surface area (Å²) in [7, 11) is 1.63. The van der Waals surface area contributed by atoms with Crippen molar-refractivity contribution >= 4 is 47.2 Å². The van der Waals surface area contributed by atoms with Gasteiger partial charge in [0, 0.05) is 30.9 Å². The first kappa shape index (κ1) is 21.0. The van der Waals surface area contributed by atoms with Crippen LogP contribution in [0.5, 0.6) is 5.75 Å². The van der Waals surface area contributed by atoms with E-state index in [0.717, 1.165) is 30.1 Å². The Balaban J connectivity index is 0.00000261. The number of nitrogens with two attached hydrogens (primary N) is 1. The van der Waals surface area contributed by atoms with Gasteiger partial charge in [-0.3, -0.25) is 9.79 Å². The summed E-state index contributed by atoms with van der Waals surface area (Å²) in [4.78, 5) is 18.6. The fourth-order valence-corrected chi connectivity index (χ4v) is 3.02. The molecule has 0 unspecified atom stereocenters. The number of halogens is 1. The molecule has 144 valence electrons. The number of amides is 1. The summed E-state index contributed by atoms with van der Waals surface area (Å²) in [6, 6.07) is 15.5. The second kappa shape index (κ2) is 10.1. The molecule has 0 fully saturated rings. The van der Waals surface area contributed by atoms with Crippen molar-refractivity contribution in [2.45, 2.75) is 19.3 Å². The number of carbonyl (C=O) groups is 1. The number of nitrogens with zero attached hydrogens (tertiary/aromatic N) is 2. The van der Waals surface area contributed by atoms with Crippen LogP contribution in [-0.4, -0.2) is 32.1 Å². The molecule has 1 amide bonds. The summed E-state index contributed by atoms with van der Waals surface area (Å²) in [5, 5.41) is 3.03. The van der Waals surface area contributed by atoms with Gasteiger partial charge in [0.1, 0.15) is 5.75 Å². The van der Waals surface area contributed by atoms with Gasteiger partial charge in [0.2, 0.25) is 5.91 Å². The first-order chi connectivity index (χ1) is 12.7. The SMILES string of the molecule is COc1ccc(NC(N)=NCCCC(=O)N2CCc3ccccc32)cc1.I. The Morgan fingerprint density at radius 1 is 1.22 bits per heavy atom. The zero-order chi connectivity index (χ0) is 18.4. The molecule has 3 rings (SSSR count). The van der Waals surface area contributed by atoms with Gasteiger partial charge in [-0.15, -0.1) is 24.0 Å². The van der Waals surface area contributed by atoms with E-state index >= 15 is 0 Å². The lowest BCUT2D eigenvalue weighted by atomic mass is 10.2. The first-order valence-electron chi connectivity index (χ1n) is 8.76. The van der Waals surface area contributed by atoms with Crippen LogP contribution in [-0.2, 0) is 11.2 Å². The summed E-state index contributed by atoms with van der Waals surface area (Å²) >= 11 is 0. The van der Waals surface area contributed by atoms with Gasteiger partial charge >= 0.3 is 0 Å². The number of ether oxygens (including phenoxy) is 1. The van der Waals surface area contributed by atoms with Crippen molar-refractivity contribution in [1.82, 2.24) is 0 Å². The minimum Gasteiger partial charge on any atom is -0.497 e. The maximum Gasteiger partial charge on any atom is 0.227 e. The summed E-state index contributed by atoms with van der Waals surface area (Å²) < 4.78 is 5.11. The molecule has 0 bridgehead atoms. The van der Waals surface area contributed by atoms with Crippen molar-refractivity contribution in [3.8, 4) is 5.75 Å². The number of methoxy groups -OCH3 is 1. The lowest BCUT2D eigenvalue weighted by Gasteiger charge is -2.17. The Bertz CT molecular complexity index is 793. The Morgan fingerprint density at radius 3 is 2.70 bits per heavy atom. The van der Waals surface area contributed by atoms with Crippen LogP contribution in [0.4, 0.5) is 11.4 Å².